The van der Waals surface area contributed by atoms with Gasteiger partial charge in [0, 0.05) is 25.2 Å². The number of hydrogen-bond acceptors (Lipinski definition) is 4. The lowest BCUT2D eigenvalue weighted by molar-refractivity contribution is -0.127. The van der Waals surface area contributed by atoms with Gasteiger partial charge in [-0.3, -0.25) is 4.79 Å². The number of halogens is 2. The van der Waals surface area contributed by atoms with Crippen molar-refractivity contribution in [1.29, 1.82) is 0 Å². The van der Waals surface area contributed by atoms with Gasteiger partial charge in [-0.15, -0.1) is 11.3 Å². The fourth-order valence-corrected chi connectivity index (χ4v) is 4.61. The van der Waals surface area contributed by atoms with Gasteiger partial charge in [0.15, 0.2) is 0 Å². The van der Waals surface area contributed by atoms with E-state index in [-0.39, 0.29) is 11.9 Å². The molecular formula is C21H24Cl2N2O3S. The van der Waals surface area contributed by atoms with Crippen LogP contribution in [0.15, 0.2) is 23.6 Å². The third-order valence-corrected chi connectivity index (χ3v) is 6.53. The first kappa shape index (κ1) is 21.9. The minimum atomic E-state index is -0.526. The number of nitrogens with one attached hydrogen (secondary N) is 1. The Hall–Kier alpha value is -1.76. The number of likely N-dealkylation sites (tertiary alicyclic amines) is 1. The van der Waals surface area contributed by atoms with Gasteiger partial charge in [0.05, 0.1) is 14.7 Å². The van der Waals surface area contributed by atoms with Crippen LogP contribution >= 0.6 is 34.5 Å². The van der Waals surface area contributed by atoms with Gasteiger partial charge in [-0.25, -0.2) is 4.79 Å². The summed E-state index contributed by atoms with van der Waals surface area (Å²) < 4.78 is 6.23. The average Bonchev–Trinajstić information content (AvgIpc) is 3.11. The normalized spacial score (nSPS) is 15.8. The van der Waals surface area contributed by atoms with Crippen molar-refractivity contribution in [1.82, 2.24) is 10.2 Å². The molecule has 0 unspecified atom stereocenters. The van der Waals surface area contributed by atoms with Crippen LogP contribution in [0.3, 0.4) is 0 Å². The number of hydrogen-bond donors (Lipinski definition) is 1. The van der Waals surface area contributed by atoms with Gasteiger partial charge in [-0.2, -0.15) is 0 Å². The van der Waals surface area contributed by atoms with Crippen molar-refractivity contribution in [3.05, 3.63) is 39.2 Å². The average molecular weight is 455 g/mol. The molecule has 1 aromatic heterocycles. The molecule has 2 amide bonds. The van der Waals surface area contributed by atoms with Gasteiger partial charge >= 0.3 is 6.09 Å². The highest BCUT2D eigenvalue weighted by molar-refractivity contribution is 7.18. The molecule has 5 nitrogen and oxygen atoms in total. The first-order chi connectivity index (χ1) is 13.6. The fourth-order valence-electron chi connectivity index (χ4n) is 3.17. The second-order valence-corrected chi connectivity index (χ2v) is 9.68. The molecule has 156 valence electrons. The third-order valence-electron chi connectivity index (χ3n) is 4.59. The highest BCUT2D eigenvalue weighted by Crippen LogP contribution is 2.37. The summed E-state index contributed by atoms with van der Waals surface area (Å²) in [6.45, 7) is 6.63. The van der Waals surface area contributed by atoms with Crippen molar-refractivity contribution < 1.29 is 14.3 Å². The summed E-state index contributed by atoms with van der Waals surface area (Å²) in [5.74, 6) is -0.0849. The first-order valence-corrected chi connectivity index (χ1v) is 11.1. The molecule has 2 aromatic rings. The number of ether oxygens (including phenoxy) is 1. The lowest BCUT2D eigenvalue weighted by atomic mass is 10.0. The third kappa shape index (κ3) is 5.65. The molecule has 0 atom stereocenters. The number of alkyl carbamates (subject to hydrolysis) is 1. The van der Waals surface area contributed by atoms with Crippen LogP contribution in [0.2, 0.25) is 10.0 Å². The summed E-state index contributed by atoms with van der Waals surface area (Å²) in [6, 6.07) is 3.91. The van der Waals surface area contributed by atoms with Crippen LogP contribution in [0.4, 0.5) is 4.79 Å². The van der Waals surface area contributed by atoms with E-state index in [1.165, 1.54) is 17.4 Å². The van der Waals surface area contributed by atoms with E-state index in [2.05, 4.69) is 5.32 Å². The molecule has 1 aliphatic heterocycles. The Morgan fingerprint density at radius 2 is 1.93 bits per heavy atom. The zero-order valence-corrected chi connectivity index (χ0v) is 19.0. The number of fused-ring (bicyclic) bond motifs is 1. The minimum absolute atomic E-state index is 0.00660. The van der Waals surface area contributed by atoms with Crippen LogP contribution in [0.25, 0.3) is 16.2 Å². The number of piperidine rings is 1. The van der Waals surface area contributed by atoms with Crippen LogP contribution in [-0.2, 0) is 9.53 Å². The summed E-state index contributed by atoms with van der Waals surface area (Å²) in [5, 5.41) is 6.80. The van der Waals surface area contributed by atoms with Crippen LogP contribution in [-0.4, -0.2) is 41.6 Å². The van der Waals surface area contributed by atoms with Crippen LogP contribution in [0.1, 0.15) is 39.2 Å². The monoisotopic (exact) mass is 454 g/mol. The molecule has 2 heterocycles. The Morgan fingerprint density at radius 1 is 1.24 bits per heavy atom. The number of nitrogens with zero attached hydrogens (tertiary/aromatic N) is 1. The van der Waals surface area contributed by atoms with Crippen LogP contribution in [0.5, 0.6) is 0 Å². The van der Waals surface area contributed by atoms with Crippen molar-refractivity contribution in [2.24, 2.45) is 0 Å². The Labute approximate surface area is 184 Å². The molecule has 1 N–H and O–H groups in total. The maximum atomic E-state index is 12.6. The Morgan fingerprint density at radius 3 is 2.59 bits per heavy atom. The van der Waals surface area contributed by atoms with Crippen LogP contribution < -0.4 is 5.32 Å². The lowest BCUT2D eigenvalue weighted by Crippen LogP contribution is -2.47. The summed E-state index contributed by atoms with van der Waals surface area (Å²) in [4.78, 5) is 26.2. The molecule has 0 spiro atoms. The van der Waals surface area contributed by atoms with Crippen molar-refractivity contribution in [2.45, 2.75) is 45.3 Å². The molecule has 1 aromatic carbocycles. The summed E-state index contributed by atoms with van der Waals surface area (Å²) in [6.07, 6.45) is 4.19. The summed E-state index contributed by atoms with van der Waals surface area (Å²) in [7, 11) is 0. The van der Waals surface area contributed by atoms with Crippen molar-refractivity contribution in [3.63, 3.8) is 0 Å². The lowest BCUT2D eigenvalue weighted by Gasteiger charge is -2.32. The molecule has 0 radical (unpaired) electrons. The molecule has 29 heavy (non-hydrogen) atoms. The number of carbonyl (C=O) groups excluding carboxylic acids is 2. The summed E-state index contributed by atoms with van der Waals surface area (Å²) >= 11 is 14.2. The predicted octanol–water partition coefficient (Wildman–Crippen LogP) is 5.74. The highest BCUT2D eigenvalue weighted by Gasteiger charge is 2.25. The SMILES string of the molecule is CC(C)(C)OC(=O)NC1CCN(C(=O)/C=C/c2cc3ccsc3c(Cl)c2Cl)CC1. The molecule has 0 aliphatic carbocycles. The maximum Gasteiger partial charge on any atom is 0.407 e. The fraction of sp³-hybridized carbons (Fsp3) is 0.429. The molecular weight excluding hydrogens is 431 g/mol. The highest BCUT2D eigenvalue weighted by atomic mass is 35.5. The van der Waals surface area contributed by atoms with E-state index in [9.17, 15) is 9.59 Å². The molecule has 1 saturated heterocycles. The van der Waals surface area contributed by atoms with Gasteiger partial charge < -0.3 is 15.0 Å². The van der Waals surface area contributed by atoms with Gasteiger partial charge in [0.25, 0.3) is 0 Å². The molecule has 8 heteroatoms. The van der Waals surface area contributed by atoms with Gasteiger partial charge in [0.1, 0.15) is 5.60 Å². The number of benzene rings is 1. The van der Waals surface area contributed by atoms with E-state index in [4.69, 9.17) is 27.9 Å². The van der Waals surface area contributed by atoms with Gasteiger partial charge in [-0.05, 0) is 68.2 Å². The number of carbonyl (C=O) groups is 2. The zero-order chi connectivity index (χ0) is 21.2. The maximum absolute atomic E-state index is 12.6. The first-order valence-electron chi connectivity index (χ1n) is 9.46. The van der Waals surface area contributed by atoms with E-state index >= 15 is 0 Å². The second kappa shape index (κ2) is 8.94. The van der Waals surface area contributed by atoms with Crippen LogP contribution in [0, 0.1) is 0 Å². The number of thiophene rings is 1. The molecule has 0 bridgehead atoms. The largest absolute Gasteiger partial charge is 0.444 e. The van der Waals surface area contributed by atoms with E-state index in [1.807, 2.05) is 38.3 Å². The zero-order valence-electron chi connectivity index (χ0n) is 16.6. The molecule has 1 aliphatic rings. The van der Waals surface area contributed by atoms with Crippen molar-refractivity contribution in [3.8, 4) is 0 Å². The van der Waals surface area contributed by atoms with Gasteiger partial charge in [-0.1, -0.05) is 23.2 Å². The van der Waals surface area contributed by atoms with Crippen molar-refractivity contribution in [2.75, 3.05) is 13.1 Å². The quantitative estimate of drug-likeness (QED) is 0.601. The number of amides is 2. The molecule has 0 saturated carbocycles. The molecule has 1 fully saturated rings. The Kier molecular flexibility index (Phi) is 6.76. The predicted molar refractivity (Wildman–Crippen MR) is 120 cm³/mol. The second-order valence-electron chi connectivity index (χ2n) is 8.01. The van der Waals surface area contributed by atoms with E-state index in [0.717, 1.165) is 15.6 Å². The van der Waals surface area contributed by atoms with Crippen molar-refractivity contribution >= 4 is 62.7 Å². The standard InChI is InChI=1S/C21H24Cl2N2O3S/c1-21(2,3)28-20(27)24-15-6-9-25(10-7-15)16(26)5-4-13-12-14-8-11-29-19(14)18(23)17(13)22/h4-5,8,11-12,15H,6-7,9-10H2,1-3H3,(H,24,27)/b5-4+. The van der Waals surface area contributed by atoms with E-state index in [0.29, 0.717) is 36.0 Å². The number of rotatable bonds is 3. The van der Waals surface area contributed by atoms with E-state index in [1.54, 1.807) is 11.0 Å². The minimum Gasteiger partial charge on any atom is -0.444 e. The smallest absolute Gasteiger partial charge is 0.407 e. The Balaban J connectivity index is 1.56. The summed E-state index contributed by atoms with van der Waals surface area (Å²) in [5.41, 5.74) is 0.194. The topological polar surface area (TPSA) is 58.6 Å². The molecule has 3 rings (SSSR count). The Bertz CT molecular complexity index is 941. The van der Waals surface area contributed by atoms with E-state index < -0.39 is 11.7 Å². The van der Waals surface area contributed by atoms with Gasteiger partial charge in [0.2, 0.25) is 5.91 Å².